The molecule has 2 amide bonds. The number of nitrogens with one attached hydrogen (secondary N) is 1. The lowest BCUT2D eigenvalue weighted by molar-refractivity contribution is 0.203. The summed E-state index contributed by atoms with van der Waals surface area (Å²) in [4.78, 5) is 14.7. The molecule has 5 heteroatoms. The van der Waals surface area contributed by atoms with Gasteiger partial charge >= 0.3 is 6.03 Å². The summed E-state index contributed by atoms with van der Waals surface area (Å²) in [7, 11) is 0. The maximum Gasteiger partial charge on any atom is 0.322 e. The van der Waals surface area contributed by atoms with Gasteiger partial charge in [-0.3, -0.25) is 0 Å². The molecule has 27 heavy (non-hydrogen) atoms. The van der Waals surface area contributed by atoms with E-state index in [-0.39, 0.29) is 24.1 Å². The molecule has 3 unspecified atom stereocenters. The second-order valence-corrected chi connectivity index (χ2v) is 7.31. The molecule has 0 spiro atoms. The molecule has 0 aromatic heterocycles. The number of benzene rings is 2. The Hall–Kier alpha value is -3.00. The van der Waals surface area contributed by atoms with Gasteiger partial charge in [0, 0.05) is 18.7 Å². The first kappa shape index (κ1) is 17.4. The number of fused-ring (bicyclic) bond motifs is 1. The highest BCUT2D eigenvalue weighted by Crippen LogP contribution is 2.33. The van der Waals surface area contributed by atoms with E-state index in [1.165, 1.54) is 0 Å². The minimum Gasteiger partial charge on any atom is -0.490 e. The Kier molecular flexibility index (Phi) is 4.72. The largest absolute Gasteiger partial charge is 0.490 e. The molecule has 0 saturated carbocycles. The first-order valence-electron chi connectivity index (χ1n) is 9.47. The van der Waals surface area contributed by atoms with Gasteiger partial charge in [0.25, 0.3) is 0 Å². The lowest BCUT2D eigenvalue weighted by atomic mass is 9.91. The van der Waals surface area contributed by atoms with Crippen molar-refractivity contribution in [2.24, 2.45) is 0 Å². The van der Waals surface area contributed by atoms with Crippen LogP contribution in [0.5, 0.6) is 5.75 Å². The molecular formula is C22H23N3O2. The van der Waals surface area contributed by atoms with Crippen LogP contribution in [0, 0.1) is 11.3 Å². The van der Waals surface area contributed by atoms with Crippen LogP contribution < -0.4 is 10.1 Å². The van der Waals surface area contributed by atoms with Crippen molar-refractivity contribution < 1.29 is 9.53 Å². The molecular weight excluding hydrogens is 338 g/mol. The van der Waals surface area contributed by atoms with Crippen LogP contribution in [0.15, 0.2) is 48.5 Å². The van der Waals surface area contributed by atoms with E-state index in [1.807, 2.05) is 60.4 Å². The first-order chi connectivity index (χ1) is 13.2. The average molecular weight is 361 g/mol. The molecule has 2 aromatic rings. The molecule has 3 atom stereocenters. The third kappa shape index (κ3) is 3.48. The smallest absolute Gasteiger partial charge is 0.322 e. The number of nitriles is 1. The van der Waals surface area contributed by atoms with Crippen molar-refractivity contribution in [2.45, 2.75) is 44.2 Å². The third-order valence-corrected chi connectivity index (χ3v) is 5.39. The number of amides is 2. The van der Waals surface area contributed by atoms with E-state index in [4.69, 9.17) is 4.74 Å². The third-order valence-electron chi connectivity index (χ3n) is 5.39. The van der Waals surface area contributed by atoms with Gasteiger partial charge < -0.3 is 15.0 Å². The van der Waals surface area contributed by atoms with Crippen LogP contribution in [-0.2, 0) is 6.42 Å². The van der Waals surface area contributed by atoms with Crippen molar-refractivity contribution in [2.75, 3.05) is 11.9 Å². The summed E-state index contributed by atoms with van der Waals surface area (Å²) in [6, 6.07) is 17.7. The van der Waals surface area contributed by atoms with Crippen molar-refractivity contribution in [1.82, 2.24) is 4.90 Å². The van der Waals surface area contributed by atoms with Crippen molar-refractivity contribution in [3.63, 3.8) is 0 Å². The Labute approximate surface area is 159 Å². The van der Waals surface area contributed by atoms with E-state index in [0.29, 0.717) is 6.54 Å². The predicted octanol–water partition coefficient (Wildman–Crippen LogP) is 4.31. The quantitative estimate of drug-likeness (QED) is 0.886. The van der Waals surface area contributed by atoms with Crippen molar-refractivity contribution >= 4 is 11.7 Å². The van der Waals surface area contributed by atoms with Crippen molar-refractivity contribution in [1.29, 1.82) is 5.26 Å². The molecule has 0 aliphatic carbocycles. The number of likely N-dealkylation sites (tertiary alicyclic amines) is 1. The lowest BCUT2D eigenvalue weighted by Crippen LogP contribution is -2.41. The van der Waals surface area contributed by atoms with Gasteiger partial charge in [-0.2, -0.15) is 5.26 Å². The maximum atomic E-state index is 12.9. The summed E-state index contributed by atoms with van der Waals surface area (Å²) in [5.41, 5.74) is 2.86. The highest BCUT2D eigenvalue weighted by molar-refractivity contribution is 5.90. The summed E-state index contributed by atoms with van der Waals surface area (Å²) in [5, 5.41) is 12.7. The fraction of sp³-hybridized carbons (Fsp3) is 0.364. The molecule has 138 valence electrons. The van der Waals surface area contributed by atoms with Crippen LogP contribution in [-0.4, -0.2) is 29.6 Å². The number of nitrogens with zero attached hydrogens (tertiary/aromatic N) is 2. The van der Waals surface area contributed by atoms with Crippen molar-refractivity contribution in [3.05, 3.63) is 59.7 Å². The zero-order valence-corrected chi connectivity index (χ0v) is 15.4. The van der Waals surface area contributed by atoms with E-state index in [0.717, 1.165) is 41.8 Å². The minimum absolute atomic E-state index is 0.102. The Bertz CT molecular complexity index is 875. The molecule has 5 nitrogen and oxygen atoms in total. The number of carbonyl (C=O) groups is 1. The molecule has 2 aliphatic rings. The Morgan fingerprint density at radius 2 is 2.11 bits per heavy atom. The molecule has 0 radical (unpaired) electrons. The van der Waals surface area contributed by atoms with Gasteiger partial charge in [0.15, 0.2) is 0 Å². The van der Waals surface area contributed by atoms with Gasteiger partial charge in [-0.15, -0.1) is 0 Å². The highest BCUT2D eigenvalue weighted by Gasteiger charge is 2.35. The summed E-state index contributed by atoms with van der Waals surface area (Å²) < 4.78 is 5.72. The number of ether oxygens (including phenoxy) is 1. The number of hydrogen-bond donors (Lipinski definition) is 1. The monoisotopic (exact) mass is 361 g/mol. The molecule has 1 N–H and O–H groups in total. The van der Waals surface area contributed by atoms with E-state index in [1.54, 1.807) is 0 Å². The number of rotatable bonds is 3. The number of carbonyl (C=O) groups excluding carboxylic acids is 1. The normalized spacial score (nSPS) is 21.9. The van der Waals surface area contributed by atoms with Crippen molar-refractivity contribution in [3.8, 4) is 11.8 Å². The van der Waals surface area contributed by atoms with E-state index < -0.39 is 0 Å². The van der Waals surface area contributed by atoms with Gasteiger partial charge in [-0.1, -0.05) is 30.3 Å². The van der Waals surface area contributed by atoms with Gasteiger partial charge in [0.1, 0.15) is 11.9 Å². The average Bonchev–Trinajstić information content (AvgIpc) is 3.29. The number of anilines is 1. The zero-order valence-electron chi connectivity index (χ0n) is 15.4. The van der Waals surface area contributed by atoms with Crippen LogP contribution in [0.2, 0.25) is 0 Å². The topological polar surface area (TPSA) is 65.4 Å². The molecule has 4 rings (SSSR count). The van der Waals surface area contributed by atoms with Gasteiger partial charge in [0.2, 0.25) is 0 Å². The maximum absolute atomic E-state index is 12.9. The fourth-order valence-electron chi connectivity index (χ4n) is 4.13. The van der Waals surface area contributed by atoms with Gasteiger partial charge in [-0.25, -0.2) is 4.79 Å². The predicted molar refractivity (Wildman–Crippen MR) is 104 cm³/mol. The summed E-state index contributed by atoms with van der Waals surface area (Å²) in [5.74, 6) is 0.585. The first-order valence-corrected chi connectivity index (χ1v) is 9.47. The van der Waals surface area contributed by atoms with Crippen LogP contribution >= 0.6 is 0 Å². The minimum atomic E-state index is -0.311. The van der Waals surface area contributed by atoms with E-state index in [2.05, 4.69) is 11.4 Å². The summed E-state index contributed by atoms with van der Waals surface area (Å²) in [6.07, 6.45) is 2.79. The molecule has 2 aromatic carbocycles. The second kappa shape index (κ2) is 7.32. The molecule has 0 bridgehead atoms. The van der Waals surface area contributed by atoms with Gasteiger partial charge in [0.05, 0.1) is 18.0 Å². The van der Waals surface area contributed by atoms with Crippen LogP contribution in [0.3, 0.4) is 0 Å². The van der Waals surface area contributed by atoms with E-state index >= 15 is 0 Å². The molecule has 2 aliphatic heterocycles. The summed E-state index contributed by atoms with van der Waals surface area (Å²) in [6.45, 7) is 2.71. The standard InChI is InChI=1S/C22H23N3O2/c1-15-12-17-13-18(9-10-21(17)27-15)24-22(26)25-11-5-8-20(25)19(14-23)16-6-3-2-4-7-16/h2-4,6-7,9-10,13,15,19-20H,5,8,11-12H2,1H3,(H,24,26). The summed E-state index contributed by atoms with van der Waals surface area (Å²) >= 11 is 0. The molecule has 1 saturated heterocycles. The Balaban J connectivity index is 1.50. The van der Waals surface area contributed by atoms with Crippen LogP contribution in [0.1, 0.15) is 36.8 Å². The Morgan fingerprint density at radius 3 is 2.89 bits per heavy atom. The molecule has 1 fully saturated rings. The second-order valence-electron chi connectivity index (χ2n) is 7.31. The number of hydrogen-bond acceptors (Lipinski definition) is 3. The van der Waals surface area contributed by atoms with Gasteiger partial charge in [-0.05, 0) is 49.1 Å². The highest BCUT2D eigenvalue weighted by atomic mass is 16.5. The van der Waals surface area contributed by atoms with Crippen LogP contribution in [0.25, 0.3) is 0 Å². The fourth-order valence-corrected chi connectivity index (χ4v) is 4.13. The van der Waals surface area contributed by atoms with E-state index in [9.17, 15) is 10.1 Å². The lowest BCUT2D eigenvalue weighted by Gasteiger charge is -2.28. The Morgan fingerprint density at radius 1 is 1.30 bits per heavy atom. The number of urea groups is 1. The SMILES string of the molecule is CC1Cc2cc(NC(=O)N3CCCC3C(C#N)c3ccccc3)ccc2O1. The molecule has 2 heterocycles. The van der Waals surface area contributed by atoms with Crippen LogP contribution in [0.4, 0.5) is 10.5 Å². The zero-order chi connectivity index (χ0) is 18.8.